The van der Waals surface area contributed by atoms with Crippen molar-refractivity contribution in [2.75, 3.05) is 6.54 Å². The molecule has 0 radical (unpaired) electrons. The normalized spacial score (nSPS) is 13.0. The number of carboxylic acids is 1. The minimum atomic E-state index is -1.11. The molecule has 0 aliphatic carbocycles. The maximum absolute atomic E-state index is 13.4. The number of hydrogen-bond acceptors (Lipinski definition) is 7. The van der Waals surface area contributed by atoms with E-state index < -0.39 is 53.1 Å². The first kappa shape index (κ1) is 41.1. The third-order valence-electron chi connectivity index (χ3n) is 6.66. The molecule has 2 atom stereocenters. The van der Waals surface area contributed by atoms with Crippen LogP contribution in [0.5, 0.6) is 0 Å². The van der Waals surface area contributed by atoms with Crippen LogP contribution in [0.4, 0.5) is 4.79 Å². The molecule has 44 heavy (non-hydrogen) atoms. The number of rotatable bonds is 23. The molecule has 0 spiro atoms. The Morgan fingerprint density at radius 1 is 0.636 bits per heavy atom. The second-order valence-electron chi connectivity index (χ2n) is 13.5. The summed E-state index contributed by atoms with van der Waals surface area (Å²) in [5.74, 6) is -2.74. The Balaban J connectivity index is 5.16. The second kappa shape index (κ2) is 22.6. The molecule has 3 amide bonds. The first-order valence-corrected chi connectivity index (χ1v) is 16.5. The standard InChI is InChI=1S/C33H61N3O8/c1-8-9-10-11-12-13-14-15-16-17-21-26(30(41)43-32(2,3)4)36-29(40)25(35-27(37)22-23-28(38)39)20-18-19-24-34-31(42)44-33(5,6)7/h25-26H,8-24H2,1-7H3,(H,34,42)(H,35,37)(H,36,40)(H,38,39)/t25-,26?/m0/s1. The summed E-state index contributed by atoms with van der Waals surface area (Å²) < 4.78 is 10.8. The fraction of sp³-hybridized carbons (Fsp3) is 0.848. The predicted octanol–water partition coefficient (Wildman–Crippen LogP) is 6.17. The van der Waals surface area contributed by atoms with Crippen molar-refractivity contribution in [3.8, 4) is 0 Å². The zero-order valence-corrected chi connectivity index (χ0v) is 28.5. The lowest BCUT2D eigenvalue weighted by Crippen LogP contribution is -2.52. The lowest BCUT2D eigenvalue weighted by molar-refractivity contribution is -0.159. The molecule has 11 nitrogen and oxygen atoms in total. The van der Waals surface area contributed by atoms with Crippen molar-refractivity contribution in [1.82, 2.24) is 16.0 Å². The Morgan fingerprint density at radius 3 is 1.66 bits per heavy atom. The molecular formula is C33H61N3O8. The van der Waals surface area contributed by atoms with Crippen molar-refractivity contribution in [1.29, 1.82) is 0 Å². The van der Waals surface area contributed by atoms with Crippen molar-refractivity contribution in [2.24, 2.45) is 0 Å². The Hall–Kier alpha value is -2.85. The summed E-state index contributed by atoms with van der Waals surface area (Å²) in [4.78, 5) is 61.6. The molecule has 0 aliphatic heterocycles. The highest BCUT2D eigenvalue weighted by Gasteiger charge is 2.29. The molecular weight excluding hydrogens is 566 g/mol. The SMILES string of the molecule is CCCCCCCCCCCCC(NC(=O)[C@H](CCCCNC(=O)OC(C)(C)C)NC(=O)CCC(=O)O)C(=O)OC(C)(C)C. The maximum atomic E-state index is 13.4. The zero-order valence-electron chi connectivity index (χ0n) is 28.5. The summed E-state index contributed by atoms with van der Waals surface area (Å²) >= 11 is 0. The molecule has 0 aliphatic rings. The quantitative estimate of drug-likeness (QED) is 0.0773. The van der Waals surface area contributed by atoms with Crippen LogP contribution in [0.2, 0.25) is 0 Å². The van der Waals surface area contributed by atoms with E-state index in [9.17, 15) is 24.0 Å². The van der Waals surface area contributed by atoms with E-state index in [0.29, 0.717) is 25.8 Å². The van der Waals surface area contributed by atoms with Gasteiger partial charge in [0.25, 0.3) is 0 Å². The lowest BCUT2D eigenvalue weighted by Gasteiger charge is -2.26. The Bertz CT molecular complexity index is 864. The maximum Gasteiger partial charge on any atom is 0.407 e. The van der Waals surface area contributed by atoms with Gasteiger partial charge in [-0.15, -0.1) is 0 Å². The van der Waals surface area contributed by atoms with Gasteiger partial charge in [0.2, 0.25) is 11.8 Å². The molecule has 11 heteroatoms. The van der Waals surface area contributed by atoms with Crippen LogP contribution in [0.15, 0.2) is 0 Å². The van der Waals surface area contributed by atoms with Crippen LogP contribution in [-0.2, 0) is 28.7 Å². The van der Waals surface area contributed by atoms with Crippen molar-refractivity contribution in [2.45, 2.75) is 174 Å². The molecule has 0 aromatic heterocycles. The van der Waals surface area contributed by atoms with E-state index in [2.05, 4.69) is 22.9 Å². The van der Waals surface area contributed by atoms with Crippen LogP contribution >= 0.6 is 0 Å². The van der Waals surface area contributed by atoms with Crippen LogP contribution in [0.1, 0.15) is 151 Å². The number of alkyl carbamates (subject to hydrolysis) is 1. The van der Waals surface area contributed by atoms with Gasteiger partial charge in [0.15, 0.2) is 0 Å². The molecule has 0 rings (SSSR count). The summed E-state index contributed by atoms with van der Waals surface area (Å²) in [5, 5.41) is 17.0. The van der Waals surface area contributed by atoms with Crippen molar-refractivity contribution >= 4 is 29.8 Å². The minimum Gasteiger partial charge on any atom is -0.481 e. The molecule has 0 saturated carbocycles. The number of aliphatic carboxylic acids is 1. The topological polar surface area (TPSA) is 160 Å². The number of ether oxygens (including phenoxy) is 2. The van der Waals surface area contributed by atoms with Crippen LogP contribution in [0, 0.1) is 0 Å². The monoisotopic (exact) mass is 627 g/mol. The van der Waals surface area contributed by atoms with Gasteiger partial charge in [-0.25, -0.2) is 9.59 Å². The minimum absolute atomic E-state index is 0.236. The fourth-order valence-electron chi connectivity index (χ4n) is 4.46. The van der Waals surface area contributed by atoms with Gasteiger partial charge in [-0.1, -0.05) is 71.1 Å². The summed E-state index contributed by atoms with van der Waals surface area (Å²) in [5.41, 5.74) is -1.35. The van der Waals surface area contributed by atoms with Gasteiger partial charge >= 0.3 is 18.0 Å². The van der Waals surface area contributed by atoms with E-state index in [4.69, 9.17) is 14.6 Å². The highest BCUT2D eigenvalue weighted by atomic mass is 16.6. The number of hydrogen-bond donors (Lipinski definition) is 4. The number of unbranched alkanes of at least 4 members (excludes halogenated alkanes) is 10. The number of carboxylic acid groups (broad SMARTS) is 1. The smallest absolute Gasteiger partial charge is 0.407 e. The summed E-state index contributed by atoms with van der Waals surface area (Å²) in [7, 11) is 0. The van der Waals surface area contributed by atoms with Gasteiger partial charge in [-0.3, -0.25) is 14.4 Å². The zero-order chi connectivity index (χ0) is 33.6. The number of amides is 3. The van der Waals surface area contributed by atoms with Crippen molar-refractivity contribution in [3.05, 3.63) is 0 Å². The Labute approximate surface area is 265 Å². The summed E-state index contributed by atoms with van der Waals surface area (Å²) in [6, 6.07) is -1.85. The van der Waals surface area contributed by atoms with E-state index in [-0.39, 0.29) is 19.3 Å². The van der Waals surface area contributed by atoms with E-state index in [1.807, 2.05) is 0 Å². The van der Waals surface area contributed by atoms with Gasteiger partial charge in [0.1, 0.15) is 23.3 Å². The molecule has 1 unspecified atom stereocenters. The molecule has 4 N–H and O–H groups in total. The van der Waals surface area contributed by atoms with Gasteiger partial charge in [-0.05, 0) is 67.2 Å². The largest absolute Gasteiger partial charge is 0.481 e. The number of esters is 1. The molecule has 0 aromatic carbocycles. The van der Waals surface area contributed by atoms with Gasteiger partial charge in [0.05, 0.1) is 6.42 Å². The molecule has 0 bridgehead atoms. The predicted molar refractivity (Wildman–Crippen MR) is 171 cm³/mol. The molecule has 0 saturated heterocycles. The summed E-state index contributed by atoms with van der Waals surface area (Å²) in [6.45, 7) is 13.1. The number of nitrogens with one attached hydrogen (secondary N) is 3. The molecule has 0 fully saturated rings. The number of carbonyl (C=O) groups excluding carboxylic acids is 4. The number of carbonyl (C=O) groups is 5. The third kappa shape index (κ3) is 24.6. The molecule has 0 heterocycles. The average Bonchev–Trinajstić information content (AvgIpc) is 2.89. The van der Waals surface area contributed by atoms with Gasteiger partial charge in [-0.2, -0.15) is 0 Å². The third-order valence-corrected chi connectivity index (χ3v) is 6.66. The van der Waals surface area contributed by atoms with E-state index in [1.165, 1.54) is 38.5 Å². The Kier molecular flexibility index (Phi) is 21.2. The van der Waals surface area contributed by atoms with E-state index in [0.717, 1.165) is 25.7 Å². The van der Waals surface area contributed by atoms with E-state index >= 15 is 0 Å². The highest BCUT2D eigenvalue weighted by molar-refractivity contribution is 5.91. The van der Waals surface area contributed by atoms with Crippen LogP contribution in [0.3, 0.4) is 0 Å². The Morgan fingerprint density at radius 2 is 1.14 bits per heavy atom. The van der Waals surface area contributed by atoms with E-state index in [1.54, 1.807) is 41.5 Å². The first-order valence-electron chi connectivity index (χ1n) is 16.5. The molecule has 256 valence electrons. The lowest BCUT2D eigenvalue weighted by atomic mass is 10.0. The van der Waals surface area contributed by atoms with Crippen LogP contribution < -0.4 is 16.0 Å². The van der Waals surface area contributed by atoms with Crippen LogP contribution in [0.25, 0.3) is 0 Å². The van der Waals surface area contributed by atoms with Gasteiger partial charge in [0, 0.05) is 13.0 Å². The highest BCUT2D eigenvalue weighted by Crippen LogP contribution is 2.15. The average molecular weight is 628 g/mol. The van der Waals surface area contributed by atoms with Gasteiger partial charge < -0.3 is 30.5 Å². The first-order chi connectivity index (χ1) is 20.5. The van der Waals surface area contributed by atoms with Crippen LogP contribution in [-0.4, -0.2) is 64.8 Å². The molecule has 0 aromatic rings. The second-order valence-corrected chi connectivity index (χ2v) is 13.5. The summed E-state index contributed by atoms with van der Waals surface area (Å²) in [6.07, 6.45) is 11.9. The van der Waals surface area contributed by atoms with Crippen molar-refractivity contribution in [3.63, 3.8) is 0 Å². The van der Waals surface area contributed by atoms with Crippen molar-refractivity contribution < 1.29 is 38.6 Å². The fourth-order valence-corrected chi connectivity index (χ4v) is 4.46.